The van der Waals surface area contributed by atoms with Crippen LogP contribution in [0.5, 0.6) is 0 Å². The molecule has 13 heavy (non-hydrogen) atoms. The summed E-state index contributed by atoms with van der Waals surface area (Å²) >= 11 is 0. The van der Waals surface area contributed by atoms with Crippen LogP contribution in [0.3, 0.4) is 0 Å². The van der Waals surface area contributed by atoms with Crippen molar-refractivity contribution in [2.45, 2.75) is 6.92 Å². The zero-order chi connectivity index (χ0) is 9.68. The summed E-state index contributed by atoms with van der Waals surface area (Å²) in [7, 11) is 0. The number of pyridine rings is 1. The summed E-state index contributed by atoms with van der Waals surface area (Å²) in [5, 5.41) is 15.9. The Labute approximate surface area is 76.3 Å². The number of nitrogens with one attached hydrogen (secondary N) is 1. The van der Waals surface area contributed by atoms with Crippen molar-refractivity contribution in [3.63, 3.8) is 0 Å². The first kappa shape index (κ1) is 9.20. The van der Waals surface area contributed by atoms with E-state index < -0.39 is 0 Å². The summed E-state index contributed by atoms with van der Waals surface area (Å²) in [6.45, 7) is 2.25. The molecule has 0 radical (unpaired) electrons. The zero-order valence-electron chi connectivity index (χ0n) is 7.24. The first-order valence-electron chi connectivity index (χ1n) is 3.85. The number of rotatable bonds is 2. The highest BCUT2D eigenvalue weighted by Gasteiger charge is 2.02. The zero-order valence-corrected chi connectivity index (χ0v) is 7.24. The van der Waals surface area contributed by atoms with E-state index in [2.05, 4.69) is 4.98 Å². The van der Waals surface area contributed by atoms with E-state index in [1.165, 1.54) is 6.20 Å². The molecule has 4 heteroatoms. The Kier molecular flexibility index (Phi) is 2.98. The average Bonchev–Trinajstić information content (AvgIpc) is 2.18. The molecule has 0 fully saturated rings. The van der Waals surface area contributed by atoms with Crippen LogP contribution in [0.2, 0.25) is 0 Å². The Hall–Kier alpha value is -1.89. The number of nitrogens with zero attached hydrogens (tertiary/aromatic N) is 2. The Morgan fingerprint density at radius 3 is 2.92 bits per heavy atom. The van der Waals surface area contributed by atoms with Crippen LogP contribution in [-0.2, 0) is 4.74 Å². The maximum Gasteiger partial charge on any atom is 0.232 e. The molecule has 1 aromatic rings. The molecule has 0 saturated carbocycles. The highest BCUT2D eigenvalue weighted by molar-refractivity contribution is 5.89. The van der Waals surface area contributed by atoms with Gasteiger partial charge in [0.2, 0.25) is 5.90 Å². The van der Waals surface area contributed by atoms with Crippen molar-refractivity contribution in [3.8, 4) is 6.07 Å². The number of ether oxygens (including phenoxy) is 1. The van der Waals surface area contributed by atoms with Crippen molar-refractivity contribution in [1.29, 1.82) is 10.7 Å². The van der Waals surface area contributed by atoms with E-state index in [0.29, 0.717) is 17.9 Å². The Morgan fingerprint density at radius 1 is 1.69 bits per heavy atom. The molecule has 1 rings (SSSR count). The van der Waals surface area contributed by atoms with Crippen LogP contribution in [0.15, 0.2) is 18.3 Å². The minimum absolute atomic E-state index is 0.0342. The van der Waals surface area contributed by atoms with Gasteiger partial charge in [-0.05, 0) is 19.1 Å². The fraction of sp³-hybridized carbons (Fsp3) is 0.222. The molecule has 0 aliphatic heterocycles. The molecule has 0 saturated heterocycles. The summed E-state index contributed by atoms with van der Waals surface area (Å²) in [5.41, 5.74) is 0.925. The molecule has 0 unspecified atom stereocenters. The first-order chi connectivity index (χ1) is 6.27. The average molecular weight is 175 g/mol. The quantitative estimate of drug-likeness (QED) is 0.544. The normalized spacial score (nSPS) is 8.92. The predicted molar refractivity (Wildman–Crippen MR) is 47.4 cm³/mol. The molecule has 0 atom stereocenters. The summed E-state index contributed by atoms with van der Waals surface area (Å²) in [5.74, 6) is 0.0342. The van der Waals surface area contributed by atoms with Crippen LogP contribution in [0.4, 0.5) is 0 Å². The van der Waals surface area contributed by atoms with Crippen molar-refractivity contribution in [3.05, 3.63) is 29.6 Å². The minimum atomic E-state index is 0.0342. The molecule has 0 spiro atoms. The number of hydrogen-bond acceptors (Lipinski definition) is 4. The summed E-state index contributed by atoms with van der Waals surface area (Å²) in [4.78, 5) is 3.90. The molecular weight excluding hydrogens is 166 g/mol. The van der Waals surface area contributed by atoms with Gasteiger partial charge in [0.25, 0.3) is 0 Å². The molecule has 1 aromatic heterocycles. The monoisotopic (exact) mass is 175 g/mol. The Bertz CT molecular complexity index is 337. The lowest BCUT2D eigenvalue weighted by molar-refractivity contribution is 0.324. The molecule has 0 aromatic carbocycles. The fourth-order valence-corrected chi connectivity index (χ4v) is 0.813. The molecular formula is C9H9N3O. The van der Waals surface area contributed by atoms with Gasteiger partial charge < -0.3 is 4.74 Å². The lowest BCUT2D eigenvalue weighted by atomic mass is 10.3. The highest BCUT2D eigenvalue weighted by Crippen LogP contribution is 2.00. The van der Waals surface area contributed by atoms with Gasteiger partial charge in [-0.2, -0.15) is 5.26 Å². The first-order valence-corrected chi connectivity index (χ1v) is 3.85. The van der Waals surface area contributed by atoms with Crippen molar-refractivity contribution < 1.29 is 4.74 Å². The highest BCUT2D eigenvalue weighted by atomic mass is 16.5. The summed E-state index contributed by atoms with van der Waals surface area (Å²) < 4.78 is 4.94. The lowest BCUT2D eigenvalue weighted by Crippen LogP contribution is -2.06. The van der Waals surface area contributed by atoms with Gasteiger partial charge in [0.05, 0.1) is 12.2 Å². The van der Waals surface area contributed by atoms with E-state index in [9.17, 15) is 0 Å². The van der Waals surface area contributed by atoms with Crippen molar-refractivity contribution in [2.75, 3.05) is 6.61 Å². The third-order valence-electron chi connectivity index (χ3n) is 1.41. The molecule has 0 aliphatic rings. The van der Waals surface area contributed by atoms with E-state index in [-0.39, 0.29) is 5.90 Å². The van der Waals surface area contributed by atoms with Gasteiger partial charge in [0.1, 0.15) is 11.8 Å². The van der Waals surface area contributed by atoms with Crippen molar-refractivity contribution in [1.82, 2.24) is 4.98 Å². The predicted octanol–water partition coefficient (Wildman–Crippen LogP) is 1.32. The van der Waals surface area contributed by atoms with E-state index in [1.807, 2.05) is 6.07 Å². The van der Waals surface area contributed by atoms with E-state index in [1.54, 1.807) is 19.1 Å². The van der Waals surface area contributed by atoms with Crippen LogP contribution in [0, 0.1) is 16.7 Å². The molecule has 4 nitrogen and oxygen atoms in total. The van der Waals surface area contributed by atoms with Gasteiger partial charge >= 0.3 is 0 Å². The van der Waals surface area contributed by atoms with Gasteiger partial charge in [-0.15, -0.1) is 0 Å². The van der Waals surface area contributed by atoms with Gasteiger partial charge in [-0.1, -0.05) is 0 Å². The van der Waals surface area contributed by atoms with Crippen LogP contribution >= 0.6 is 0 Å². The fourth-order valence-electron chi connectivity index (χ4n) is 0.813. The Morgan fingerprint density at radius 2 is 2.46 bits per heavy atom. The van der Waals surface area contributed by atoms with Gasteiger partial charge in [0, 0.05) is 6.20 Å². The molecule has 0 bridgehead atoms. The second kappa shape index (κ2) is 4.21. The maximum atomic E-state index is 8.50. The van der Waals surface area contributed by atoms with E-state index in [4.69, 9.17) is 15.4 Å². The molecule has 0 aliphatic carbocycles. The van der Waals surface area contributed by atoms with Gasteiger partial charge in [-0.3, -0.25) is 5.41 Å². The van der Waals surface area contributed by atoms with Crippen LogP contribution < -0.4 is 0 Å². The molecule has 0 amide bonds. The van der Waals surface area contributed by atoms with Crippen molar-refractivity contribution in [2.24, 2.45) is 0 Å². The SMILES string of the molecule is CCOC(=N)c1ccc(C#N)cn1. The second-order valence-corrected chi connectivity index (χ2v) is 2.31. The molecule has 1 heterocycles. The lowest BCUT2D eigenvalue weighted by Gasteiger charge is -2.02. The smallest absolute Gasteiger partial charge is 0.232 e. The van der Waals surface area contributed by atoms with Crippen LogP contribution in [0.1, 0.15) is 18.2 Å². The molecule has 1 N–H and O–H groups in total. The summed E-state index contributed by atoms with van der Waals surface area (Å²) in [6.07, 6.45) is 1.42. The number of nitriles is 1. The third-order valence-corrected chi connectivity index (χ3v) is 1.41. The number of hydrogen-bond donors (Lipinski definition) is 1. The van der Waals surface area contributed by atoms with Gasteiger partial charge in [-0.25, -0.2) is 4.98 Å². The second-order valence-electron chi connectivity index (χ2n) is 2.31. The van der Waals surface area contributed by atoms with Crippen molar-refractivity contribution >= 4 is 5.90 Å². The minimum Gasteiger partial charge on any atom is -0.477 e. The maximum absolute atomic E-state index is 8.50. The standard InChI is InChI=1S/C9H9N3O/c1-2-13-9(11)8-4-3-7(5-10)6-12-8/h3-4,6,11H,2H2,1H3. The van der Waals surface area contributed by atoms with Crippen LogP contribution in [-0.4, -0.2) is 17.5 Å². The van der Waals surface area contributed by atoms with Crippen LogP contribution in [0.25, 0.3) is 0 Å². The topological polar surface area (TPSA) is 69.8 Å². The van der Waals surface area contributed by atoms with E-state index in [0.717, 1.165) is 0 Å². The van der Waals surface area contributed by atoms with E-state index >= 15 is 0 Å². The van der Waals surface area contributed by atoms with Gasteiger partial charge in [0.15, 0.2) is 0 Å². The third kappa shape index (κ3) is 2.27. The molecule has 66 valence electrons. The Balaban J connectivity index is 2.81. The number of aromatic nitrogens is 1. The summed E-state index contributed by atoms with van der Waals surface area (Å²) in [6, 6.07) is 5.15. The largest absolute Gasteiger partial charge is 0.477 e.